The normalized spacial score (nSPS) is 11.5. The fraction of sp³-hybridized carbons (Fsp3) is 0. The third-order valence-corrected chi connectivity index (χ3v) is 27.3. The van der Waals surface area contributed by atoms with Gasteiger partial charge in [-0.15, -0.1) is 0 Å². The van der Waals surface area contributed by atoms with E-state index in [-0.39, 0.29) is 0 Å². The molecular formula is C129H81N9. The summed E-state index contributed by atoms with van der Waals surface area (Å²) in [4.78, 5) is 3.80. The molecule has 0 N–H and O–H groups in total. The second-order valence-electron chi connectivity index (χ2n) is 35.2. The predicted octanol–water partition coefficient (Wildman–Crippen LogP) is 33.9. The van der Waals surface area contributed by atoms with Crippen molar-refractivity contribution in [2.45, 2.75) is 0 Å². The van der Waals surface area contributed by atoms with E-state index in [1.165, 1.54) is 131 Å². The molecule has 6 aromatic heterocycles. The van der Waals surface area contributed by atoms with Gasteiger partial charge in [0.2, 0.25) is 0 Å². The van der Waals surface area contributed by atoms with Gasteiger partial charge < -0.3 is 27.4 Å². The lowest BCUT2D eigenvalue weighted by atomic mass is 9.97. The highest BCUT2D eigenvalue weighted by Gasteiger charge is 2.24. The van der Waals surface area contributed by atoms with E-state index in [0.717, 1.165) is 101 Å². The van der Waals surface area contributed by atoms with E-state index >= 15 is 0 Å². The fourth-order valence-electron chi connectivity index (χ4n) is 21.2. The summed E-state index contributed by atoms with van der Waals surface area (Å²) in [6.07, 6.45) is 0. The van der Waals surface area contributed by atoms with Gasteiger partial charge in [-0.05, 0) is 237 Å². The zero-order valence-corrected chi connectivity index (χ0v) is 74.8. The average Bonchev–Trinajstić information content (AvgIpc) is 1.57. The first-order valence-electron chi connectivity index (χ1n) is 46.5. The van der Waals surface area contributed by atoms with Crippen LogP contribution in [-0.2, 0) is 0 Å². The van der Waals surface area contributed by atoms with Crippen LogP contribution in [0.25, 0.3) is 237 Å². The fourth-order valence-corrected chi connectivity index (χ4v) is 21.2. The highest BCUT2D eigenvalue weighted by Crippen LogP contribution is 2.46. The molecule has 27 aromatic rings. The van der Waals surface area contributed by atoms with E-state index in [1.54, 1.807) is 0 Å². The number of para-hydroxylation sites is 13. The summed E-state index contributed by atoms with van der Waals surface area (Å²) in [5.74, 6) is 0. The first-order valence-corrected chi connectivity index (χ1v) is 46.5. The molecule has 0 atom stereocenters. The molecule has 0 bridgehead atoms. The number of hydrogen-bond donors (Lipinski definition) is 0. The Labute approximate surface area is 795 Å². The second-order valence-corrected chi connectivity index (χ2v) is 35.2. The molecule has 0 saturated carbocycles. The largest absolute Gasteiger partial charge is 0.309 e. The molecule has 0 radical (unpaired) electrons. The lowest BCUT2D eigenvalue weighted by Crippen LogP contribution is -2.00. The second kappa shape index (κ2) is 33.9. The molecule has 0 spiro atoms. The number of nitrogens with zero attached hydrogens (tertiary/aromatic N) is 9. The molecule has 27 rings (SSSR count). The van der Waals surface area contributed by atoms with Crippen molar-refractivity contribution in [2.24, 2.45) is 0 Å². The highest BCUT2D eigenvalue weighted by atomic mass is 15.0. The first kappa shape index (κ1) is 80.9. The maximum atomic E-state index is 9.53. The smallest absolute Gasteiger partial charge is 0.194 e. The van der Waals surface area contributed by atoms with Crippen molar-refractivity contribution in [2.75, 3.05) is 0 Å². The van der Waals surface area contributed by atoms with Gasteiger partial charge in [-0.2, -0.15) is 10.5 Å². The van der Waals surface area contributed by atoms with E-state index in [9.17, 15) is 10.5 Å². The van der Waals surface area contributed by atoms with Gasteiger partial charge >= 0.3 is 0 Å². The summed E-state index contributed by atoms with van der Waals surface area (Å²) < 4.78 is 14.4. The summed E-state index contributed by atoms with van der Waals surface area (Å²) in [5, 5.41) is 33.7. The Morgan fingerprint density at radius 2 is 0.362 bits per heavy atom. The van der Waals surface area contributed by atoms with Crippen molar-refractivity contribution >= 4 is 137 Å². The van der Waals surface area contributed by atoms with Crippen molar-refractivity contribution in [1.82, 2.24) is 27.4 Å². The van der Waals surface area contributed by atoms with Gasteiger partial charge in [0.1, 0.15) is 0 Å². The Morgan fingerprint density at radius 3 is 0.616 bits per heavy atom. The molecule has 0 saturated heterocycles. The third-order valence-electron chi connectivity index (χ3n) is 27.3. The number of rotatable bonds is 12. The van der Waals surface area contributed by atoms with E-state index < -0.39 is 0 Å². The van der Waals surface area contributed by atoms with Gasteiger partial charge in [-0.1, -0.05) is 322 Å². The van der Waals surface area contributed by atoms with Crippen molar-refractivity contribution in [3.63, 3.8) is 0 Å². The molecule has 0 aliphatic heterocycles. The lowest BCUT2D eigenvalue weighted by molar-refractivity contribution is 1.13. The summed E-state index contributed by atoms with van der Waals surface area (Å²) in [6.45, 7) is 7.75. The summed E-state index contributed by atoms with van der Waals surface area (Å²) in [5.41, 5.74) is 35.7. The van der Waals surface area contributed by atoms with Crippen LogP contribution in [0, 0.1) is 29.2 Å². The number of nitriles is 2. The van der Waals surface area contributed by atoms with Crippen LogP contribution in [0.4, 0.5) is 5.69 Å². The maximum Gasteiger partial charge on any atom is 0.194 e. The van der Waals surface area contributed by atoms with Crippen LogP contribution in [0.3, 0.4) is 0 Å². The number of fused-ring (bicyclic) bond motifs is 18. The van der Waals surface area contributed by atoms with E-state index in [1.807, 2.05) is 66.7 Å². The quantitative estimate of drug-likeness (QED) is 0.114. The molecule has 0 fully saturated rings. The van der Waals surface area contributed by atoms with Crippen LogP contribution in [0.1, 0.15) is 11.1 Å². The molecule has 0 amide bonds. The lowest BCUT2D eigenvalue weighted by Gasteiger charge is -2.16. The van der Waals surface area contributed by atoms with Crippen LogP contribution in [0.15, 0.2) is 491 Å². The van der Waals surface area contributed by atoms with Gasteiger partial charge in [0.15, 0.2) is 5.69 Å². The third kappa shape index (κ3) is 13.9. The Bertz CT molecular complexity index is 9020. The minimum Gasteiger partial charge on any atom is -0.309 e. The van der Waals surface area contributed by atoms with Crippen molar-refractivity contribution in [1.29, 1.82) is 10.5 Å². The molecule has 0 aliphatic carbocycles. The van der Waals surface area contributed by atoms with Crippen molar-refractivity contribution in [3.8, 4) is 113 Å². The highest BCUT2D eigenvalue weighted by molar-refractivity contribution is 6.15. The maximum absolute atomic E-state index is 9.53. The van der Waals surface area contributed by atoms with Crippen LogP contribution in [0.5, 0.6) is 0 Å². The molecule has 138 heavy (non-hydrogen) atoms. The molecule has 6 heterocycles. The summed E-state index contributed by atoms with van der Waals surface area (Å²) >= 11 is 0. The zero-order chi connectivity index (χ0) is 91.8. The zero-order valence-electron chi connectivity index (χ0n) is 74.8. The minimum atomic E-state index is 0.657. The topological polar surface area (TPSA) is 81.5 Å². The average molecular weight is 1760 g/mol. The number of benzene rings is 21. The molecule has 642 valence electrons. The van der Waals surface area contributed by atoms with Crippen LogP contribution < -0.4 is 0 Å². The van der Waals surface area contributed by atoms with Gasteiger partial charge in [0.25, 0.3) is 0 Å². The van der Waals surface area contributed by atoms with Crippen molar-refractivity contribution in [3.05, 3.63) is 514 Å². The molecular weight excluding hydrogens is 1680 g/mol. The minimum absolute atomic E-state index is 0.657. The SMILES string of the molecule is N#Cc1ccc(-c2cccc(-c3cc(-n4c5ccccc5c5ccccc54)cc(-n4c5ccccc5c5ccccc54)c3)c2)cc1.N#Cc1cccc(-c2cccc(-c3cc(-n4c5ccccc5c5ccccc54)cc(-n4c5ccccc5c5ccccc54)c3)c2)c1.[C-]#[N+]c1ccccc1-c1cccc(-c2cc(-n3c4ccccc4c4ccccc43)cc(-n3c4ccccc4c4ccccc43)c2)c1. The Hall–Kier alpha value is -19.1. The number of hydrogen-bond acceptors (Lipinski definition) is 2. The Balaban J connectivity index is 0.000000110. The van der Waals surface area contributed by atoms with Gasteiger partial charge in [-0.25, -0.2) is 4.85 Å². The van der Waals surface area contributed by atoms with Crippen LogP contribution in [-0.4, -0.2) is 27.4 Å². The molecule has 9 heteroatoms. The van der Waals surface area contributed by atoms with E-state index in [0.29, 0.717) is 16.8 Å². The van der Waals surface area contributed by atoms with Crippen molar-refractivity contribution < 1.29 is 0 Å². The number of aromatic nitrogens is 6. The summed E-state index contributed by atoms with van der Waals surface area (Å²) in [7, 11) is 0. The molecule has 21 aromatic carbocycles. The molecule has 0 aliphatic rings. The first-order chi connectivity index (χ1) is 68.3. The van der Waals surface area contributed by atoms with Gasteiger partial charge in [0.05, 0.1) is 96.0 Å². The standard InChI is InChI=1S/3C43H27N3/c1-44-39-20-7-2-15-34(39)30-14-12-13-29(25-30)31-26-32(45-40-21-8-3-16-35(40)36-17-4-9-22-41(36)45)28-33(27-31)46-42-23-10-5-18-37(42)38-19-6-11-24-43(38)46;44-28-29-11-9-12-30(23-29)31-13-10-14-32(24-31)33-25-34(45-40-19-5-1-15-36(40)37-16-2-6-20-41(37)45)27-35(26-33)46-42-21-7-3-17-38(42)39-18-4-8-22-43(39)46;44-28-29-20-22-30(23-21-29)31-10-9-11-32(24-31)33-25-34(45-40-16-5-1-12-36(40)37-13-2-6-17-41(37)45)27-35(26-33)46-42-18-7-3-14-38(42)39-15-4-8-19-43(39)46/h2-28H;2*1-27H. The van der Waals surface area contributed by atoms with E-state index in [2.05, 4.69) is 469 Å². The molecule has 0 unspecified atom stereocenters. The Morgan fingerprint density at radius 1 is 0.159 bits per heavy atom. The Kier molecular flexibility index (Phi) is 19.9. The predicted molar refractivity (Wildman–Crippen MR) is 574 cm³/mol. The van der Waals surface area contributed by atoms with Crippen LogP contribution >= 0.6 is 0 Å². The molecule has 9 nitrogen and oxygen atoms in total. The van der Waals surface area contributed by atoms with Crippen LogP contribution in [0.2, 0.25) is 0 Å². The summed E-state index contributed by atoms with van der Waals surface area (Å²) in [6, 6.07) is 179. The monoisotopic (exact) mass is 1760 g/mol. The van der Waals surface area contributed by atoms with Gasteiger partial charge in [-0.3, -0.25) is 0 Å². The van der Waals surface area contributed by atoms with E-state index in [4.69, 9.17) is 6.57 Å². The van der Waals surface area contributed by atoms with Gasteiger partial charge in [0, 0.05) is 98.8 Å².